The Balaban J connectivity index is 1.68. The lowest BCUT2D eigenvalue weighted by atomic mass is 9.94. The van der Waals surface area contributed by atoms with Gasteiger partial charge in [0, 0.05) is 12.0 Å². The van der Waals surface area contributed by atoms with Gasteiger partial charge < -0.3 is 14.6 Å². The molecular formula is C26H21FN2O6S. The summed E-state index contributed by atoms with van der Waals surface area (Å²) in [7, 11) is 1.23. The fourth-order valence-corrected chi connectivity index (χ4v) is 5.49. The summed E-state index contributed by atoms with van der Waals surface area (Å²) >= 11 is 0.895. The van der Waals surface area contributed by atoms with Crippen LogP contribution in [0.25, 0.3) is 5.76 Å². The number of hydrogen-bond donors (Lipinski definition) is 1. The maximum absolute atomic E-state index is 13.7. The van der Waals surface area contributed by atoms with E-state index in [1.54, 1.807) is 25.1 Å². The van der Waals surface area contributed by atoms with Crippen molar-refractivity contribution in [1.29, 1.82) is 0 Å². The van der Waals surface area contributed by atoms with Gasteiger partial charge >= 0.3 is 11.9 Å². The number of rotatable bonds is 4. The fraction of sp³-hybridized carbons (Fsp3) is 0.231. The highest BCUT2D eigenvalue weighted by Gasteiger charge is 2.48. The average molecular weight is 509 g/mol. The molecule has 2 aliphatic heterocycles. The third-order valence-corrected chi connectivity index (χ3v) is 7.30. The molecule has 10 heteroatoms. The van der Waals surface area contributed by atoms with Gasteiger partial charge in [-0.1, -0.05) is 23.5 Å². The first-order chi connectivity index (χ1) is 17.2. The number of ether oxygens (including phenoxy) is 2. The van der Waals surface area contributed by atoms with E-state index in [4.69, 9.17) is 9.47 Å². The van der Waals surface area contributed by atoms with Gasteiger partial charge in [-0.05, 0) is 55.3 Å². The second kappa shape index (κ2) is 8.87. The largest absolute Gasteiger partial charge is 0.507 e. The molecule has 36 heavy (non-hydrogen) atoms. The Hall–Kier alpha value is -4.05. The van der Waals surface area contributed by atoms with Crippen molar-refractivity contribution in [3.63, 3.8) is 0 Å². The van der Waals surface area contributed by atoms with E-state index in [-0.39, 0.29) is 27.4 Å². The van der Waals surface area contributed by atoms with Gasteiger partial charge in [-0.25, -0.2) is 14.2 Å². The lowest BCUT2D eigenvalue weighted by molar-refractivity contribution is -0.132. The van der Waals surface area contributed by atoms with Crippen molar-refractivity contribution in [2.45, 2.75) is 32.4 Å². The summed E-state index contributed by atoms with van der Waals surface area (Å²) in [6.07, 6.45) is 0.625. The molecule has 184 valence electrons. The first kappa shape index (κ1) is 23.7. The summed E-state index contributed by atoms with van der Waals surface area (Å²) in [5.74, 6) is -2.63. The lowest BCUT2D eigenvalue weighted by Gasteiger charge is -2.23. The number of esters is 1. The highest BCUT2D eigenvalue weighted by Crippen LogP contribution is 2.44. The number of halogens is 1. The van der Waals surface area contributed by atoms with Crippen LogP contribution < -0.4 is 9.64 Å². The zero-order valence-corrected chi connectivity index (χ0v) is 20.4. The van der Waals surface area contributed by atoms with Crippen molar-refractivity contribution in [2.75, 3.05) is 12.0 Å². The molecule has 0 unspecified atom stereocenters. The number of aromatic nitrogens is 1. The van der Waals surface area contributed by atoms with Crippen molar-refractivity contribution in [1.82, 2.24) is 4.98 Å². The molecule has 8 nitrogen and oxygen atoms in total. The van der Waals surface area contributed by atoms with E-state index >= 15 is 0 Å². The number of thiazole rings is 1. The molecule has 2 aromatic carbocycles. The van der Waals surface area contributed by atoms with E-state index in [0.29, 0.717) is 29.0 Å². The molecule has 0 aliphatic carbocycles. The maximum atomic E-state index is 13.7. The second-order valence-electron chi connectivity index (χ2n) is 8.58. The molecule has 5 rings (SSSR count). The second-order valence-corrected chi connectivity index (χ2v) is 9.56. The summed E-state index contributed by atoms with van der Waals surface area (Å²) in [5.41, 5.74) is 1.78. The predicted octanol–water partition coefficient (Wildman–Crippen LogP) is 4.33. The van der Waals surface area contributed by atoms with Crippen LogP contribution in [0.4, 0.5) is 9.52 Å². The van der Waals surface area contributed by atoms with E-state index in [2.05, 4.69) is 4.98 Å². The Kier molecular flexibility index (Phi) is 5.83. The maximum Gasteiger partial charge on any atom is 0.350 e. The number of aliphatic hydroxyl groups excluding tert-OH is 1. The number of carbonyl (C=O) groups is 3. The molecule has 0 saturated carbocycles. The number of hydrogen-bond acceptors (Lipinski definition) is 8. The van der Waals surface area contributed by atoms with Crippen LogP contribution in [0.5, 0.6) is 5.75 Å². The summed E-state index contributed by atoms with van der Waals surface area (Å²) in [6.45, 7) is 3.52. The van der Waals surface area contributed by atoms with Crippen LogP contribution in [-0.4, -0.2) is 41.0 Å². The van der Waals surface area contributed by atoms with Crippen LogP contribution in [-0.2, 0) is 20.7 Å². The number of aliphatic hydroxyl groups is 1. The van der Waals surface area contributed by atoms with Crippen LogP contribution in [0.3, 0.4) is 0 Å². The fourth-order valence-electron chi connectivity index (χ4n) is 4.48. The molecule has 1 saturated heterocycles. The first-order valence-electron chi connectivity index (χ1n) is 11.1. The SMILES string of the molecule is COC(=O)c1sc(N2C(=O)C(=O)C(=C(O)c3ccc4c(c3)C[C@H](C)O4)[C@@H]2c2ccc(F)cc2)nc1C. The van der Waals surface area contributed by atoms with Crippen LogP contribution in [0.2, 0.25) is 0 Å². The normalized spacial score (nSPS) is 20.4. The summed E-state index contributed by atoms with van der Waals surface area (Å²) < 4.78 is 24.2. The van der Waals surface area contributed by atoms with Gasteiger partial charge in [0.15, 0.2) is 5.13 Å². The number of anilines is 1. The molecule has 3 heterocycles. The topological polar surface area (TPSA) is 106 Å². The van der Waals surface area contributed by atoms with Gasteiger partial charge in [-0.15, -0.1) is 0 Å². The van der Waals surface area contributed by atoms with Gasteiger partial charge in [-0.3, -0.25) is 14.5 Å². The number of aryl methyl sites for hydroxylation is 1. The standard InChI is InChI=1S/C26H21FN2O6S/c1-12-10-16-11-15(6-9-18(16)35-12)21(30)19-20(14-4-7-17(27)8-5-14)29(24(32)22(19)31)26-28-13(2)23(36-26)25(33)34-3/h4-9,11-12,20,30H,10H2,1-3H3/t12-,20-/m0/s1. The predicted molar refractivity (Wildman–Crippen MR) is 130 cm³/mol. The van der Waals surface area contributed by atoms with Crippen molar-refractivity contribution in [3.8, 4) is 5.75 Å². The number of fused-ring (bicyclic) bond motifs is 1. The summed E-state index contributed by atoms with van der Waals surface area (Å²) in [6, 6.07) is 9.25. The third-order valence-electron chi connectivity index (χ3n) is 6.16. The number of benzene rings is 2. The quantitative estimate of drug-likeness (QED) is 0.242. The molecule has 3 aromatic rings. The van der Waals surface area contributed by atoms with Gasteiger partial charge in [0.2, 0.25) is 0 Å². The van der Waals surface area contributed by atoms with E-state index in [1.165, 1.54) is 31.4 Å². The van der Waals surface area contributed by atoms with Gasteiger partial charge in [0.25, 0.3) is 5.78 Å². The highest BCUT2D eigenvalue weighted by molar-refractivity contribution is 7.17. The zero-order chi connectivity index (χ0) is 25.7. The number of amides is 1. The monoisotopic (exact) mass is 508 g/mol. The average Bonchev–Trinajstić information content (AvgIpc) is 3.50. The molecule has 2 atom stereocenters. The van der Waals surface area contributed by atoms with Crippen molar-refractivity contribution < 1.29 is 33.4 Å². The van der Waals surface area contributed by atoms with Crippen molar-refractivity contribution in [2.24, 2.45) is 0 Å². The molecule has 1 aromatic heterocycles. The van der Waals surface area contributed by atoms with Gasteiger partial charge in [0.05, 0.1) is 24.4 Å². The van der Waals surface area contributed by atoms with E-state index in [0.717, 1.165) is 21.8 Å². The Morgan fingerprint density at radius 2 is 1.94 bits per heavy atom. The van der Waals surface area contributed by atoms with Crippen LogP contribution in [0, 0.1) is 12.7 Å². The minimum Gasteiger partial charge on any atom is -0.507 e. The van der Waals surface area contributed by atoms with Crippen LogP contribution >= 0.6 is 11.3 Å². The Morgan fingerprint density at radius 1 is 1.22 bits per heavy atom. The number of nitrogens with zero attached hydrogens (tertiary/aromatic N) is 2. The molecule has 1 amide bonds. The lowest BCUT2D eigenvalue weighted by Crippen LogP contribution is -2.29. The Labute approximate surface area is 209 Å². The summed E-state index contributed by atoms with van der Waals surface area (Å²) in [4.78, 5) is 44.4. The molecule has 0 spiro atoms. The van der Waals surface area contributed by atoms with Gasteiger partial charge in [0.1, 0.15) is 28.3 Å². The van der Waals surface area contributed by atoms with E-state index in [9.17, 15) is 23.9 Å². The molecular weight excluding hydrogens is 487 g/mol. The van der Waals surface area contributed by atoms with E-state index < -0.39 is 29.5 Å². The number of Topliss-reactive ketones (excluding diaryl/α,β-unsaturated/α-hetero) is 1. The molecule has 1 N–H and O–H groups in total. The van der Waals surface area contributed by atoms with Crippen molar-refractivity contribution >= 4 is 39.9 Å². The molecule has 1 fully saturated rings. The van der Waals surface area contributed by atoms with Crippen LogP contribution in [0.1, 0.15) is 45.0 Å². The highest BCUT2D eigenvalue weighted by atomic mass is 32.1. The Bertz CT molecular complexity index is 1450. The van der Waals surface area contributed by atoms with Gasteiger partial charge in [-0.2, -0.15) is 0 Å². The number of ketones is 1. The number of carbonyl (C=O) groups excluding carboxylic acids is 3. The summed E-state index contributed by atoms with van der Waals surface area (Å²) in [5, 5.41) is 11.4. The number of methoxy groups -OCH3 is 1. The van der Waals surface area contributed by atoms with Crippen LogP contribution in [0.15, 0.2) is 48.0 Å². The third kappa shape index (κ3) is 3.83. The minimum absolute atomic E-state index is 0.0145. The minimum atomic E-state index is -1.09. The molecule has 0 radical (unpaired) electrons. The molecule has 0 bridgehead atoms. The molecule has 2 aliphatic rings. The first-order valence-corrected chi connectivity index (χ1v) is 11.9. The zero-order valence-electron chi connectivity index (χ0n) is 19.6. The smallest absolute Gasteiger partial charge is 0.350 e. The Morgan fingerprint density at radius 3 is 2.64 bits per heavy atom. The van der Waals surface area contributed by atoms with E-state index in [1.807, 2.05) is 6.92 Å². The van der Waals surface area contributed by atoms with Crippen molar-refractivity contribution in [3.05, 3.63) is 81.1 Å².